The van der Waals surface area contributed by atoms with E-state index < -0.39 is 0 Å². The molecular weight excluding hydrogens is 405 g/mol. The summed E-state index contributed by atoms with van der Waals surface area (Å²) in [6.07, 6.45) is 1.73. The van der Waals surface area contributed by atoms with E-state index in [1.807, 2.05) is 31.2 Å². The lowest BCUT2D eigenvalue weighted by Gasteiger charge is -2.09. The van der Waals surface area contributed by atoms with Crippen LogP contribution in [-0.2, 0) is 11.2 Å². The molecule has 0 aliphatic heterocycles. The second kappa shape index (κ2) is 8.69. The average molecular weight is 422 g/mol. The molecular formula is C19H17Cl2N3O2S. The molecule has 3 rings (SSSR count). The van der Waals surface area contributed by atoms with Crippen molar-refractivity contribution in [2.75, 3.05) is 5.32 Å². The minimum atomic E-state index is -0.0960. The van der Waals surface area contributed by atoms with Gasteiger partial charge < -0.3 is 15.1 Å². The molecule has 0 bridgehead atoms. The van der Waals surface area contributed by atoms with Crippen LogP contribution in [0.2, 0.25) is 10.0 Å². The van der Waals surface area contributed by atoms with Gasteiger partial charge in [0.05, 0.1) is 5.02 Å². The van der Waals surface area contributed by atoms with Gasteiger partial charge in [0.15, 0.2) is 16.6 Å². The Morgan fingerprint density at radius 2 is 1.96 bits per heavy atom. The highest BCUT2D eigenvalue weighted by atomic mass is 35.5. The van der Waals surface area contributed by atoms with Crippen molar-refractivity contribution in [3.63, 3.8) is 0 Å². The smallest absolute Gasteiger partial charge is 0.226 e. The number of fused-ring (bicyclic) bond motifs is 1. The standard InChI is InChI=1S/C19H17Cl2N3O2S/c1-2-3-16(25)24-19(27)22-13-6-4-11(5-7-13)8-17-23-15-10-12(20)9-14(21)18(15)26-17/h4-7,9-10H,2-3,8H2,1H3,(H2,22,24,25,27). The summed E-state index contributed by atoms with van der Waals surface area (Å²) in [7, 11) is 0. The van der Waals surface area contributed by atoms with E-state index in [2.05, 4.69) is 15.6 Å². The molecule has 8 heteroatoms. The highest BCUT2D eigenvalue weighted by Crippen LogP contribution is 2.29. The second-order valence-electron chi connectivity index (χ2n) is 5.97. The lowest BCUT2D eigenvalue weighted by atomic mass is 10.1. The number of nitrogens with zero attached hydrogens (tertiary/aromatic N) is 1. The van der Waals surface area contributed by atoms with Gasteiger partial charge in [-0.3, -0.25) is 4.79 Å². The fraction of sp³-hybridized carbons (Fsp3) is 0.211. The van der Waals surface area contributed by atoms with E-state index in [4.69, 9.17) is 39.8 Å². The third-order valence-corrected chi connectivity index (χ3v) is 4.45. The van der Waals surface area contributed by atoms with Gasteiger partial charge in [0.25, 0.3) is 0 Å². The van der Waals surface area contributed by atoms with Gasteiger partial charge in [-0.1, -0.05) is 42.3 Å². The topological polar surface area (TPSA) is 67.2 Å². The van der Waals surface area contributed by atoms with Crippen LogP contribution in [-0.4, -0.2) is 16.0 Å². The van der Waals surface area contributed by atoms with Crippen molar-refractivity contribution >= 4 is 63.2 Å². The largest absolute Gasteiger partial charge is 0.439 e. The number of hydrogen-bond donors (Lipinski definition) is 2. The number of rotatable bonds is 5. The first-order chi connectivity index (χ1) is 12.9. The van der Waals surface area contributed by atoms with Gasteiger partial charge in [-0.25, -0.2) is 4.98 Å². The Kier molecular flexibility index (Phi) is 6.31. The number of hydrogen-bond acceptors (Lipinski definition) is 4. The summed E-state index contributed by atoms with van der Waals surface area (Å²) in [5.41, 5.74) is 2.96. The van der Waals surface area contributed by atoms with E-state index in [1.54, 1.807) is 12.1 Å². The number of nitrogens with one attached hydrogen (secondary N) is 2. The molecule has 0 saturated heterocycles. The summed E-state index contributed by atoms with van der Waals surface area (Å²) >= 11 is 17.3. The third-order valence-electron chi connectivity index (χ3n) is 3.75. The Hall–Kier alpha value is -2.15. The van der Waals surface area contributed by atoms with Crippen LogP contribution in [0.1, 0.15) is 31.2 Å². The van der Waals surface area contributed by atoms with E-state index in [-0.39, 0.29) is 11.0 Å². The van der Waals surface area contributed by atoms with Crippen molar-refractivity contribution in [2.24, 2.45) is 0 Å². The molecule has 1 amide bonds. The van der Waals surface area contributed by atoms with Crippen molar-refractivity contribution in [1.82, 2.24) is 10.3 Å². The normalized spacial score (nSPS) is 10.8. The van der Waals surface area contributed by atoms with E-state index >= 15 is 0 Å². The van der Waals surface area contributed by atoms with E-state index in [0.29, 0.717) is 39.9 Å². The van der Waals surface area contributed by atoms with Crippen molar-refractivity contribution in [1.29, 1.82) is 0 Å². The number of halogens is 2. The van der Waals surface area contributed by atoms with Gasteiger partial charge >= 0.3 is 0 Å². The van der Waals surface area contributed by atoms with E-state index in [9.17, 15) is 4.79 Å². The predicted molar refractivity (Wildman–Crippen MR) is 113 cm³/mol. The van der Waals surface area contributed by atoms with Crippen molar-refractivity contribution in [2.45, 2.75) is 26.2 Å². The molecule has 2 aromatic carbocycles. The lowest BCUT2D eigenvalue weighted by molar-refractivity contribution is -0.119. The summed E-state index contributed by atoms with van der Waals surface area (Å²) in [6.45, 7) is 1.94. The maximum absolute atomic E-state index is 11.5. The average Bonchev–Trinajstić information content (AvgIpc) is 2.99. The molecule has 0 fully saturated rings. The lowest BCUT2D eigenvalue weighted by Crippen LogP contribution is -2.33. The molecule has 0 radical (unpaired) electrons. The minimum absolute atomic E-state index is 0.0960. The van der Waals surface area contributed by atoms with E-state index in [1.165, 1.54) is 0 Å². The molecule has 0 unspecified atom stereocenters. The van der Waals surface area contributed by atoms with Crippen molar-refractivity contribution in [3.8, 4) is 0 Å². The van der Waals surface area contributed by atoms with Gasteiger partial charge in [-0.2, -0.15) is 0 Å². The number of aromatic nitrogens is 1. The summed E-state index contributed by atoms with van der Waals surface area (Å²) in [5.74, 6) is 0.457. The van der Waals surface area contributed by atoms with Gasteiger partial charge in [0.1, 0.15) is 5.52 Å². The zero-order valence-corrected chi connectivity index (χ0v) is 16.8. The highest BCUT2D eigenvalue weighted by molar-refractivity contribution is 7.80. The molecule has 3 aromatic rings. The Balaban J connectivity index is 1.65. The van der Waals surface area contributed by atoms with Crippen LogP contribution in [0.25, 0.3) is 11.1 Å². The molecule has 0 spiro atoms. The first-order valence-corrected chi connectivity index (χ1v) is 9.55. The summed E-state index contributed by atoms with van der Waals surface area (Å²) in [4.78, 5) is 16.0. The van der Waals surface area contributed by atoms with Crippen molar-refractivity contribution in [3.05, 3.63) is 57.9 Å². The van der Waals surface area contributed by atoms with Gasteiger partial charge in [-0.05, 0) is 48.5 Å². The number of thiocarbonyl (C=S) groups is 1. The number of amides is 1. The molecule has 2 N–H and O–H groups in total. The number of oxazole rings is 1. The first-order valence-electron chi connectivity index (χ1n) is 8.39. The number of carbonyl (C=O) groups excluding carboxylic acids is 1. The number of anilines is 1. The maximum Gasteiger partial charge on any atom is 0.226 e. The maximum atomic E-state index is 11.5. The van der Waals surface area contributed by atoms with Crippen LogP contribution in [0, 0.1) is 0 Å². The van der Waals surface area contributed by atoms with Crippen LogP contribution in [0.15, 0.2) is 40.8 Å². The molecule has 0 aliphatic rings. The fourth-order valence-electron chi connectivity index (χ4n) is 2.54. The molecule has 5 nitrogen and oxygen atoms in total. The SMILES string of the molecule is CCCC(=O)NC(=S)Nc1ccc(Cc2nc3cc(Cl)cc(Cl)c3o2)cc1. The Morgan fingerprint density at radius 1 is 1.22 bits per heavy atom. The van der Waals surface area contributed by atoms with Gasteiger partial charge in [-0.15, -0.1) is 0 Å². The molecule has 140 valence electrons. The zero-order valence-electron chi connectivity index (χ0n) is 14.5. The van der Waals surface area contributed by atoms with Crippen LogP contribution in [0.4, 0.5) is 5.69 Å². The van der Waals surface area contributed by atoms with Crippen LogP contribution < -0.4 is 10.6 Å². The molecule has 1 heterocycles. The van der Waals surface area contributed by atoms with Gasteiger partial charge in [0.2, 0.25) is 5.91 Å². The molecule has 1 aromatic heterocycles. The minimum Gasteiger partial charge on any atom is -0.439 e. The number of benzene rings is 2. The molecule has 0 aliphatic carbocycles. The Labute approximate surface area is 172 Å². The van der Waals surface area contributed by atoms with Crippen LogP contribution >= 0.6 is 35.4 Å². The van der Waals surface area contributed by atoms with E-state index in [0.717, 1.165) is 17.7 Å². The van der Waals surface area contributed by atoms with Crippen LogP contribution in [0.5, 0.6) is 0 Å². The summed E-state index contributed by atoms with van der Waals surface area (Å²) < 4.78 is 5.73. The third kappa shape index (κ3) is 5.19. The Bertz CT molecular complexity index is 987. The predicted octanol–water partition coefficient (Wildman–Crippen LogP) is 5.34. The monoisotopic (exact) mass is 421 g/mol. The van der Waals surface area contributed by atoms with Gasteiger partial charge in [0, 0.05) is 23.6 Å². The quantitative estimate of drug-likeness (QED) is 0.544. The van der Waals surface area contributed by atoms with Crippen molar-refractivity contribution < 1.29 is 9.21 Å². The number of carbonyl (C=O) groups is 1. The Morgan fingerprint density at radius 3 is 2.67 bits per heavy atom. The second-order valence-corrected chi connectivity index (χ2v) is 7.22. The molecule has 27 heavy (non-hydrogen) atoms. The summed E-state index contributed by atoms with van der Waals surface area (Å²) in [6, 6.07) is 11.0. The molecule has 0 atom stereocenters. The highest BCUT2D eigenvalue weighted by Gasteiger charge is 2.11. The summed E-state index contributed by atoms with van der Waals surface area (Å²) in [5, 5.41) is 6.87. The zero-order chi connectivity index (χ0) is 19.4. The van der Waals surface area contributed by atoms with Crippen LogP contribution in [0.3, 0.4) is 0 Å². The fourth-order valence-corrected chi connectivity index (χ4v) is 3.29. The first kappa shape index (κ1) is 19.6. The molecule has 0 saturated carbocycles.